The largest absolute Gasteiger partial charge is 0.497 e. The zero-order valence-electron chi connectivity index (χ0n) is 18.7. The van der Waals surface area contributed by atoms with Gasteiger partial charge in [0.1, 0.15) is 11.4 Å². The third-order valence-electron chi connectivity index (χ3n) is 5.87. The van der Waals surface area contributed by atoms with Crippen molar-refractivity contribution in [2.24, 2.45) is 0 Å². The van der Waals surface area contributed by atoms with Crippen LogP contribution in [0.15, 0.2) is 72.4 Å². The second-order valence-corrected chi connectivity index (χ2v) is 8.03. The van der Waals surface area contributed by atoms with Crippen LogP contribution in [0.25, 0.3) is 5.57 Å². The van der Waals surface area contributed by atoms with Crippen molar-refractivity contribution in [2.45, 2.75) is 27.3 Å². The van der Waals surface area contributed by atoms with E-state index in [-0.39, 0.29) is 18.4 Å². The highest BCUT2D eigenvalue weighted by Gasteiger charge is 2.39. The number of methoxy groups -OCH3 is 1. The molecule has 1 heterocycles. The molecule has 2 amide bonds. The fourth-order valence-electron chi connectivity index (χ4n) is 3.76. The Morgan fingerprint density at radius 2 is 1.53 bits per heavy atom. The minimum absolute atomic E-state index is 0.189. The molecule has 0 atom stereocenters. The molecule has 3 aromatic carbocycles. The fourth-order valence-corrected chi connectivity index (χ4v) is 3.76. The van der Waals surface area contributed by atoms with E-state index in [1.54, 1.807) is 7.11 Å². The molecule has 4 rings (SSSR count). The Hall–Kier alpha value is -3.86. The summed E-state index contributed by atoms with van der Waals surface area (Å²) < 4.78 is 5.20. The van der Waals surface area contributed by atoms with E-state index in [1.165, 1.54) is 4.90 Å². The van der Waals surface area contributed by atoms with Gasteiger partial charge < -0.3 is 10.1 Å². The van der Waals surface area contributed by atoms with Crippen LogP contribution in [0.2, 0.25) is 0 Å². The first-order valence-corrected chi connectivity index (χ1v) is 10.5. The van der Waals surface area contributed by atoms with Crippen LogP contribution in [-0.2, 0) is 16.1 Å². The molecule has 0 bridgehead atoms. The molecule has 1 N–H and O–H groups in total. The van der Waals surface area contributed by atoms with Crippen LogP contribution in [0.5, 0.6) is 5.75 Å². The molecule has 0 saturated heterocycles. The highest BCUT2D eigenvalue weighted by atomic mass is 16.5. The van der Waals surface area contributed by atoms with E-state index in [9.17, 15) is 9.59 Å². The summed E-state index contributed by atoms with van der Waals surface area (Å²) in [6, 6.07) is 20.9. The van der Waals surface area contributed by atoms with E-state index >= 15 is 0 Å². The van der Waals surface area contributed by atoms with E-state index < -0.39 is 0 Å². The monoisotopic (exact) mass is 426 g/mol. The van der Waals surface area contributed by atoms with Crippen molar-refractivity contribution in [3.8, 4) is 5.75 Å². The Morgan fingerprint density at radius 3 is 2.19 bits per heavy atom. The van der Waals surface area contributed by atoms with E-state index in [0.29, 0.717) is 11.3 Å². The highest BCUT2D eigenvalue weighted by Crippen LogP contribution is 2.33. The number of aryl methyl sites for hydroxylation is 2. The second kappa shape index (κ2) is 8.71. The quantitative estimate of drug-likeness (QED) is 0.563. The lowest BCUT2D eigenvalue weighted by atomic mass is 10.0. The average molecular weight is 427 g/mol. The molecule has 0 spiro atoms. The Morgan fingerprint density at radius 1 is 0.844 bits per heavy atom. The first-order valence-electron chi connectivity index (χ1n) is 10.5. The number of amides is 2. The zero-order chi connectivity index (χ0) is 22.8. The molecular weight excluding hydrogens is 400 g/mol. The van der Waals surface area contributed by atoms with Gasteiger partial charge in [-0.2, -0.15) is 0 Å². The molecule has 5 heteroatoms. The topological polar surface area (TPSA) is 58.6 Å². The predicted octanol–water partition coefficient (Wildman–Crippen LogP) is 5.01. The highest BCUT2D eigenvalue weighted by molar-refractivity contribution is 6.36. The van der Waals surface area contributed by atoms with Crippen molar-refractivity contribution in [1.82, 2.24) is 4.90 Å². The molecule has 0 aromatic heterocycles. The van der Waals surface area contributed by atoms with Gasteiger partial charge in [0.15, 0.2) is 0 Å². The summed E-state index contributed by atoms with van der Waals surface area (Å²) in [5.41, 5.74) is 6.33. The molecule has 0 saturated carbocycles. The Labute approximate surface area is 188 Å². The molecule has 162 valence electrons. The second-order valence-electron chi connectivity index (χ2n) is 8.03. The molecule has 5 nitrogen and oxygen atoms in total. The van der Waals surface area contributed by atoms with Gasteiger partial charge in [0.05, 0.1) is 19.2 Å². The van der Waals surface area contributed by atoms with Gasteiger partial charge in [-0.3, -0.25) is 14.5 Å². The molecule has 1 aliphatic heterocycles. The third kappa shape index (κ3) is 4.02. The van der Waals surface area contributed by atoms with Crippen LogP contribution in [0, 0.1) is 20.8 Å². The number of nitrogens with one attached hydrogen (secondary N) is 1. The number of carbonyl (C=O) groups is 2. The number of hydrogen-bond acceptors (Lipinski definition) is 4. The molecule has 0 unspecified atom stereocenters. The number of rotatable bonds is 6. The maximum atomic E-state index is 13.5. The molecular formula is C27H26N2O3. The molecule has 0 aliphatic carbocycles. The summed E-state index contributed by atoms with van der Waals surface area (Å²) in [6.45, 7) is 6.20. The number of hydrogen-bond donors (Lipinski definition) is 1. The van der Waals surface area contributed by atoms with Crippen molar-refractivity contribution in [3.63, 3.8) is 0 Å². The molecule has 32 heavy (non-hydrogen) atoms. The van der Waals surface area contributed by atoms with Crippen molar-refractivity contribution < 1.29 is 14.3 Å². The summed E-state index contributed by atoms with van der Waals surface area (Å²) in [5.74, 6) is 0.0911. The van der Waals surface area contributed by atoms with E-state index in [2.05, 4.69) is 5.32 Å². The van der Waals surface area contributed by atoms with Gasteiger partial charge in [-0.1, -0.05) is 54.1 Å². The van der Waals surface area contributed by atoms with Gasteiger partial charge in [-0.15, -0.1) is 0 Å². The maximum absolute atomic E-state index is 13.5. The molecule has 0 fully saturated rings. The van der Waals surface area contributed by atoms with Gasteiger partial charge in [-0.25, -0.2) is 0 Å². The lowest BCUT2D eigenvalue weighted by molar-refractivity contribution is -0.137. The summed E-state index contributed by atoms with van der Waals surface area (Å²) in [4.78, 5) is 28.2. The molecule has 3 aromatic rings. The van der Waals surface area contributed by atoms with Gasteiger partial charge in [0.2, 0.25) is 0 Å². The van der Waals surface area contributed by atoms with Gasteiger partial charge in [-0.05, 0) is 61.2 Å². The first kappa shape index (κ1) is 21.4. The Kier molecular flexibility index (Phi) is 5.82. The Bertz CT molecular complexity index is 1210. The summed E-state index contributed by atoms with van der Waals surface area (Å²) >= 11 is 0. The summed E-state index contributed by atoms with van der Waals surface area (Å²) in [7, 11) is 1.60. The molecule has 1 aliphatic rings. The van der Waals surface area contributed by atoms with Crippen LogP contribution < -0.4 is 10.1 Å². The van der Waals surface area contributed by atoms with Crippen LogP contribution in [0.4, 0.5) is 5.69 Å². The van der Waals surface area contributed by atoms with E-state index in [0.717, 1.165) is 39.3 Å². The van der Waals surface area contributed by atoms with Gasteiger partial charge in [0.25, 0.3) is 11.8 Å². The van der Waals surface area contributed by atoms with Gasteiger partial charge in [0, 0.05) is 5.69 Å². The van der Waals surface area contributed by atoms with Crippen LogP contribution in [-0.4, -0.2) is 23.8 Å². The van der Waals surface area contributed by atoms with Crippen LogP contribution in [0.1, 0.15) is 27.8 Å². The van der Waals surface area contributed by atoms with Crippen molar-refractivity contribution in [1.29, 1.82) is 0 Å². The maximum Gasteiger partial charge on any atom is 0.278 e. The summed E-state index contributed by atoms with van der Waals surface area (Å²) in [5, 5.41) is 3.27. The van der Waals surface area contributed by atoms with Crippen molar-refractivity contribution in [3.05, 3.63) is 100 Å². The summed E-state index contributed by atoms with van der Waals surface area (Å²) in [6.07, 6.45) is 0. The number of nitrogens with zero attached hydrogens (tertiary/aromatic N) is 1. The lowest BCUT2D eigenvalue weighted by Gasteiger charge is -2.16. The lowest BCUT2D eigenvalue weighted by Crippen LogP contribution is -2.32. The van der Waals surface area contributed by atoms with Crippen LogP contribution in [0.3, 0.4) is 0 Å². The number of imide groups is 1. The first-order chi connectivity index (χ1) is 15.4. The number of anilines is 1. The minimum Gasteiger partial charge on any atom is -0.497 e. The fraction of sp³-hybridized carbons (Fsp3) is 0.185. The molecule has 0 radical (unpaired) electrons. The number of benzene rings is 3. The third-order valence-corrected chi connectivity index (χ3v) is 5.87. The van der Waals surface area contributed by atoms with Crippen molar-refractivity contribution in [2.75, 3.05) is 12.4 Å². The number of ether oxygens (including phenoxy) is 1. The van der Waals surface area contributed by atoms with E-state index in [1.807, 2.05) is 87.5 Å². The normalized spacial score (nSPS) is 13.7. The minimum atomic E-state index is -0.331. The average Bonchev–Trinajstić information content (AvgIpc) is 3.02. The SMILES string of the molecule is COc1ccc(CN2C(=O)C(Nc3cccc(C)c3C)=C(c3ccc(C)cc3)C2=O)cc1. The van der Waals surface area contributed by atoms with E-state index in [4.69, 9.17) is 4.74 Å². The van der Waals surface area contributed by atoms with Crippen LogP contribution >= 0.6 is 0 Å². The zero-order valence-corrected chi connectivity index (χ0v) is 18.7. The predicted molar refractivity (Wildman–Crippen MR) is 126 cm³/mol. The van der Waals surface area contributed by atoms with Gasteiger partial charge >= 0.3 is 0 Å². The smallest absolute Gasteiger partial charge is 0.278 e. The Balaban J connectivity index is 1.73. The number of carbonyl (C=O) groups excluding carboxylic acids is 2. The standard InChI is InChI=1S/C27H26N2O3/c1-17-8-12-21(13-9-17)24-25(28-23-7-5-6-18(2)19(23)3)27(31)29(26(24)30)16-20-10-14-22(32-4)15-11-20/h5-15,28H,16H2,1-4H3. The van der Waals surface area contributed by atoms with Crippen molar-refractivity contribution >= 4 is 23.1 Å².